The van der Waals surface area contributed by atoms with E-state index < -0.39 is 5.97 Å². The van der Waals surface area contributed by atoms with Crippen molar-refractivity contribution in [2.45, 2.75) is 12.3 Å². The van der Waals surface area contributed by atoms with Crippen LogP contribution in [0.15, 0.2) is 48.7 Å². The van der Waals surface area contributed by atoms with Crippen LogP contribution in [0.1, 0.15) is 17.9 Å². The molecule has 2 aromatic carbocycles. The molecule has 0 amide bonds. The molecule has 1 N–H and O–H groups in total. The molecule has 1 saturated carbocycles. The molecule has 4 rings (SSSR count). The Morgan fingerprint density at radius 3 is 2.68 bits per heavy atom. The third-order valence-electron chi connectivity index (χ3n) is 4.20. The van der Waals surface area contributed by atoms with Crippen LogP contribution in [0.5, 0.6) is 0 Å². The van der Waals surface area contributed by atoms with Crippen molar-refractivity contribution in [1.82, 2.24) is 9.78 Å². The summed E-state index contributed by atoms with van der Waals surface area (Å²) in [5.74, 6) is -1.16. The first-order chi connectivity index (χ1) is 10.6. The molecule has 3 aromatic rings. The third-order valence-corrected chi connectivity index (χ3v) is 4.20. The molecule has 5 heteroatoms. The lowest BCUT2D eigenvalue weighted by Gasteiger charge is -2.04. The van der Waals surface area contributed by atoms with Crippen LogP contribution in [0.2, 0.25) is 0 Å². The average Bonchev–Trinajstić information content (AvgIpc) is 3.22. The van der Waals surface area contributed by atoms with E-state index in [2.05, 4.69) is 5.10 Å². The summed E-state index contributed by atoms with van der Waals surface area (Å²) in [4.78, 5) is 11.0. The molecular formula is C17H13FN2O2. The Morgan fingerprint density at radius 2 is 2.00 bits per heavy atom. The maximum atomic E-state index is 13.0. The zero-order chi connectivity index (χ0) is 15.3. The van der Waals surface area contributed by atoms with Gasteiger partial charge in [-0.2, -0.15) is 5.10 Å². The molecular weight excluding hydrogens is 283 g/mol. The van der Waals surface area contributed by atoms with Crippen LogP contribution in [0.25, 0.3) is 16.6 Å². The Kier molecular flexibility index (Phi) is 2.76. The first-order valence-electron chi connectivity index (χ1n) is 7.10. The Bertz CT molecular complexity index is 870. The fraction of sp³-hybridized carbons (Fsp3) is 0.176. The number of rotatable bonds is 3. The quantitative estimate of drug-likeness (QED) is 0.806. The molecule has 1 heterocycles. The van der Waals surface area contributed by atoms with E-state index >= 15 is 0 Å². The van der Waals surface area contributed by atoms with Crippen LogP contribution >= 0.6 is 0 Å². The number of benzene rings is 2. The normalized spacial score (nSPS) is 20.2. The molecule has 2 atom stereocenters. The highest BCUT2D eigenvalue weighted by Crippen LogP contribution is 2.48. The van der Waals surface area contributed by atoms with Gasteiger partial charge in [0.25, 0.3) is 0 Å². The molecule has 1 aliphatic carbocycles. The summed E-state index contributed by atoms with van der Waals surface area (Å²) in [5.41, 5.74) is 2.75. The molecule has 110 valence electrons. The molecule has 0 bridgehead atoms. The van der Waals surface area contributed by atoms with Crippen molar-refractivity contribution in [3.63, 3.8) is 0 Å². The molecule has 4 nitrogen and oxygen atoms in total. The SMILES string of the molecule is O=C(O)C1CC1c1ccc2c(cnn2-c2ccc(F)cc2)c1. The van der Waals surface area contributed by atoms with Crippen molar-refractivity contribution < 1.29 is 14.3 Å². The first-order valence-corrected chi connectivity index (χ1v) is 7.10. The van der Waals surface area contributed by atoms with E-state index in [0.29, 0.717) is 6.42 Å². The summed E-state index contributed by atoms with van der Waals surface area (Å²) in [6.45, 7) is 0. The molecule has 0 radical (unpaired) electrons. The van der Waals surface area contributed by atoms with Gasteiger partial charge in [-0.1, -0.05) is 6.07 Å². The van der Waals surface area contributed by atoms with Crippen LogP contribution < -0.4 is 0 Å². The summed E-state index contributed by atoms with van der Waals surface area (Å²) in [7, 11) is 0. The lowest BCUT2D eigenvalue weighted by atomic mass is 10.1. The van der Waals surface area contributed by atoms with E-state index in [1.165, 1.54) is 12.1 Å². The Balaban J connectivity index is 1.72. The van der Waals surface area contributed by atoms with Crippen LogP contribution in [-0.4, -0.2) is 20.9 Å². The highest BCUT2D eigenvalue weighted by atomic mass is 19.1. The summed E-state index contributed by atoms with van der Waals surface area (Å²) in [5, 5.41) is 14.3. The van der Waals surface area contributed by atoms with E-state index in [1.54, 1.807) is 23.0 Å². The number of carboxylic acid groups (broad SMARTS) is 1. The number of aliphatic carboxylic acids is 1. The maximum Gasteiger partial charge on any atom is 0.307 e. The molecule has 0 spiro atoms. The minimum atomic E-state index is -0.730. The van der Waals surface area contributed by atoms with Crippen molar-refractivity contribution in [2.75, 3.05) is 0 Å². The van der Waals surface area contributed by atoms with Gasteiger partial charge in [0.15, 0.2) is 0 Å². The topological polar surface area (TPSA) is 55.1 Å². The van der Waals surface area contributed by atoms with Gasteiger partial charge < -0.3 is 5.11 Å². The van der Waals surface area contributed by atoms with Gasteiger partial charge in [0.1, 0.15) is 5.82 Å². The van der Waals surface area contributed by atoms with Crippen LogP contribution in [-0.2, 0) is 4.79 Å². The van der Waals surface area contributed by atoms with E-state index in [4.69, 9.17) is 5.11 Å². The molecule has 22 heavy (non-hydrogen) atoms. The summed E-state index contributed by atoms with van der Waals surface area (Å²) >= 11 is 0. The molecule has 0 aliphatic heterocycles. The number of carboxylic acids is 1. The predicted octanol–water partition coefficient (Wildman–Crippen LogP) is 3.35. The van der Waals surface area contributed by atoms with Gasteiger partial charge in [-0.25, -0.2) is 9.07 Å². The lowest BCUT2D eigenvalue weighted by Crippen LogP contribution is -1.99. The second-order valence-electron chi connectivity index (χ2n) is 5.64. The molecule has 1 aromatic heterocycles. The fourth-order valence-electron chi connectivity index (χ4n) is 2.91. The first kappa shape index (κ1) is 13.0. The Morgan fingerprint density at radius 1 is 1.23 bits per heavy atom. The van der Waals surface area contributed by atoms with Crippen LogP contribution in [0.3, 0.4) is 0 Å². The summed E-state index contributed by atoms with van der Waals surface area (Å²) < 4.78 is 14.8. The fourth-order valence-corrected chi connectivity index (χ4v) is 2.91. The second kappa shape index (κ2) is 4.66. The van der Waals surface area contributed by atoms with Gasteiger partial charge in [0.2, 0.25) is 0 Å². The Labute approximate surface area is 125 Å². The predicted molar refractivity (Wildman–Crippen MR) is 79.5 cm³/mol. The average molecular weight is 296 g/mol. The minimum Gasteiger partial charge on any atom is -0.481 e. The number of carbonyl (C=O) groups is 1. The van der Waals surface area contributed by atoms with Gasteiger partial charge in [-0.3, -0.25) is 4.79 Å². The van der Waals surface area contributed by atoms with E-state index in [0.717, 1.165) is 22.2 Å². The van der Waals surface area contributed by atoms with Gasteiger partial charge >= 0.3 is 5.97 Å². The number of hydrogen-bond donors (Lipinski definition) is 1. The van der Waals surface area contributed by atoms with E-state index in [9.17, 15) is 9.18 Å². The molecule has 1 fully saturated rings. The van der Waals surface area contributed by atoms with Gasteiger partial charge in [0.05, 0.1) is 23.3 Å². The maximum absolute atomic E-state index is 13.0. The van der Waals surface area contributed by atoms with Crippen molar-refractivity contribution >= 4 is 16.9 Å². The zero-order valence-electron chi connectivity index (χ0n) is 11.6. The highest BCUT2D eigenvalue weighted by molar-refractivity contribution is 5.82. The van der Waals surface area contributed by atoms with Gasteiger partial charge in [-0.15, -0.1) is 0 Å². The minimum absolute atomic E-state index is 0.107. The smallest absolute Gasteiger partial charge is 0.307 e. The van der Waals surface area contributed by atoms with Gasteiger partial charge in [0, 0.05) is 5.39 Å². The Hall–Kier alpha value is -2.69. The zero-order valence-corrected chi connectivity index (χ0v) is 11.6. The van der Waals surface area contributed by atoms with Crippen LogP contribution in [0.4, 0.5) is 4.39 Å². The summed E-state index contributed by atoms with van der Waals surface area (Å²) in [6, 6.07) is 12.1. The van der Waals surface area contributed by atoms with Crippen molar-refractivity contribution in [1.29, 1.82) is 0 Å². The van der Waals surface area contributed by atoms with Crippen molar-refractivity contribution in [3.05, 3.63) is 60.0 Å². The molecule has 2 unspecified atom stereocenters. The second-order valence-corrected chi connectivity index (χ2v) is 5.64. The highest BCUT2D eigenvalue weighted by Gasteiger charge is 2.44. The van der Waals surface area contributed by atoms with E-state index in [-0.39, 0.29) is 17.7 Å². The molecule has 0 saturated heterocycles. The largest absolute Gasteiger partial charge is 0.481 e. The molecule has 1 aliphatic rings. The van der Waals surface area contributed by atoms with E-state index in [1.807, 2.05) is 18.2 Å². The number of hydrogen-bond acceptors (Lipinski definition) is 2. The van der Waals surface area contributed by atoms with Gasteiger partial charge in [-0.05, 0) is 54.3 Å². The van der Waals surface area contributed by atoms with Crippen molar-refractivity contribution in [3.8, 4) is 5.69 Å². The van der Waals surface area contributed by atoms with Crippen molar-refractivity contribution in [2.24, 2.45) is 5.92 Å². The third kappa shape index (κ3) is 2.06. The van der Waals surface area contributed by atoms with Crippen LogP contribution in [0, 0.1) is 11.7 Å². The number of aromatic nitrogens is 2. The number of halogens is 1. The standard InChI is InChI=1S/C17H13FN2O2/c18-12-2-4-13(5-3-12)20-16-6-1-10(7-11(16)9-19-20)14-8-15(14)17(21)22/h1-7,9,14-15H,8H2,(H,21,22). The number of fused-ring (bicyclic) bond motifs is 1. The monoisotopic (exact) mass is 296 g/mol. The number of nitrogens with zero attached hydrogens (tertiary/aromatic N) is 2. The summed E-state index contributed by atoms with van der Waals surface area (Å²) in [6.07, 6.45) is 2.45. The lowest BCUT2D eigenvalue weighted by molar-refractivity contribution is -0.138.